The van der Waals surface area contributed by atoms with Gasteiger partial charge < -0.3 is 0 Å². The van der Waals surface area contributed by atoms with Gasteiger partial charge in [0, 0.05) is 14.2 Å². The number of Topliss-reactive ketones (excluding diaryl/α,β-unsaturated/α-hetero) is 1. The lowest BCUT2D eigenvalue weighted by Gasteiger charge is -1.90. The van der Waals surface area contributed by atoms with E-state index < -0.39 is 0 Å². The summed E-state index contributed by atoms with van der Waals surface area (Å²) >= 11 is 5.12. The van der Waals surface area contributed by atoms with E-state index in [1.54, 1.807) is 18.3 Å². The zero-order valence-corrected chi connectivity index (χ0v) is 10.3. The van der Waals surface area contributed by atoms with E-state index >= 15 is 0 Å². The van der Waals surface area contributed by atoms with Gasteiger partial charge in [0.05, 0.1) is 0 Å². The lowest BCUT2D eigenvalue weighted by Crippen LogP contribution is -1.89. The van der Waals surface area contributed by atoms with E-state index in [2.05, 4.69) is 22.9 Å². The van der Waals surface area contributed by atoms with E-state index in [9.17, 15) is 4.79 Å². The molecule has 1 heterocycles. The number of ketones is 1. The second kappa shape index (κ2) is 4.20. The molecule has 0 aromatic carbocycles. The smallest absolute Gasteiger partial charge is 0.155 e. The van der Waals surface area contributed by atoms with E-state index in [4.69, 9.17) is 0 Å². The highest BCUT2D eigenvalue weighted by Crippen LogP contribution is 2.27. The van der Waals surface area contributed by atoms with Gasteiger partial charge in [-0.2, -0.15) is 0 Å². The molecule has 0 aliphatic carbocycles. The van der Waals surface area contributed by atoms with E-state index in [0.717, 1.165) is 14.9 Å². The number of rotatable bonds is 2. The summed E-state index contributed by atoms with van der Waals surface area (Å²) in [5, 5.41) is 0. The number of carbonyl (C=O) groups excluding carboxylic acids is 1. The van der Waals surface area contributed by atoms with Crippen molar-refractivity contribution in [2.75, 3.05) is 0 Å². The molecule has 1 aromatic rings. The topological polar surface area (TPSA) is 17.1 Å². The largest absolute Gasteiger partial charge is 0.295 e. The van der Waals surface area contributed by atoms with E-state index in [1.165, 1.54) is 4.88 Å². The van der Waals surface area contributed by atoms with Gasteiger partial charge in [-0.3, -0.25) is 4.79 Å². The molecule has 70 valence electrons. The monoisotopic (exact) mass is 258 g/mol. The molecule has 13 heavy (non-hydrogen) atoms. The highest BCUT2D eigenvalue weighted by molar-refractivity contribution is 9.10. The Bertz CT molecular complexity index is 344. The number of halogens is 1. The van der Waals surface area contributed by atoms with E-state index in [-0.39, 0.29) is 5.78 Å². The van der Waals surface area contributed by atoms with E-state index in [1.807, 2.05) is 19.1 Å². The molecule has 1 nitrogen and oxygen atoms in total. The minimum atomic E-state index is 0.127. The SMILES string of the molecule is CC(=O)C(C)=Cc1cc(Br)c(C)s1. The minimum Gasteiger partial charge on any atom is -0.295 e. The van der Waals surface area contributed by atoms with Gasteiger partial charge >= 0.3 is 0 Å². The van der Waals surface area contributed by atoms with Crippen molar-refractivity contribution in [1.29, 1.82) is 0 Å². The van der Waals surface area contributed by atoms with Crippen LogP contribution >= 0.6 is 27.3 Å². The maximum absolute atomic E-state index is 11.0. The number of allylic oxidation sites excluding steroid dienone is 1. The lowest BCUT2D eigenvalue weighted by atomic mass is 10.2. The van der Waals surface area contributed by atoms with Crippen molar-refractivity contribution in [2.24, 2.45) is 0 Å². The van der Waals surface area contributed by atoms with Gasteiger partial charge in [-0.1, -0.05) is 0 Å². The molecule has 0 saturated heterocycles. The van der Waals surface area contributed by atoms with Gasteiger partial charge in [0.25, 0.3) is 0 Å². The normalized spacial score (nSPS) is 11.8. The third kappa shape index (κ3) is 2.78. The van der Waals surface area contributed by atoms with Crippen molar-refractivity contribution in [3.8, 4) is 0 Å². The molecule has 0 N–H and O–H groups in total. The van der Waals surface area contributed by atoms with Crippen LogP contribution in [-0.2, 0) is 4.79 Å². The Balaban J connectivity index is 2.98. The zero-order valence-electron chi connectivity index (χ0n) is 7.85. The second-order valence-electron chi connectivity index (χ2n) is 2.94. The Morgan fingerprint density at radius 1 is 1.54 bits per heavy atom. The maximum atomic E-state index is 11.0. The summed E-state index contributed by atoms with van der Waals surface area (Å²) in [5.74, 6) is 0.127. The average molecular weight is 259 g/mol. The van der Waals surface area contributed by atoms with Gasteiger partial charge in [-0.25, -0.2) is 0 Å². The van der Waals surface area contributed by atoms with Crippen LogP contribution in [0.2, 0.25) is 0 Å². The molecule has 1 rings (SSSR count). The molecule has 0 spiro atoms. The van der Waals surface area contributed by atoms with Crippen molar-refractivity contribution >= 4 is 39.1 Å². The molecule has 0 unspecified atom stereocenters. The molecule has 0 atom stereocenters. The first-order chi connectivity index (χ1) is 6.00. The van der Waals surface area contributed by atoms with Crippen molar-refractivity contribution < 1.29 is 4.79 Å². The number of thiophene rings is 1. The van der Waals surface area contributed by atoms with Gasteiger partial charge in [0.1, 0.15) is 0 Å². The van der Waals surface area contributed by atoms with Crippen molar-refractivity contribution in [3.63, 3.8) is 0 Å². The Morgan fingerprint density at radius 3 is 2.54 bits per heavy atom. The summed E-state index contributed by atoms with van der Waals surface area (Å²) in [6.07, 6.45) is 1.92. The molecule has 0 bridgehead atoms. The van der Waals surface area contributed by atoms with Crippen LogP contribution in [0.5, 0.6) is 0 Å². The molecule has 0 amide bonds. The average Bonchev–Trinajstić information content (AvgIpc) is 2.31. The summed E-state index contributed by atoms with van der Waals surface area (Å²) in [7, 11) is 0. The third-order valence-corrected chi connectivity index (χ3v) is 3.87. The number of carbonyl (C=O) groups is 1. The van der Waals surface area contributed by atoms with Gasteiger partial charge in [0.15, 0.2) is 5.78 Å². The van der Waals surface area contributed by atoms with Crippen LogP contribution in [0.25, 0.3) is 6.08 Å². The molecule has 0 aliphatic heterocycles. The Morgan fingerprint density at radius 2 is 2.15 bits per heavy atom. The third-order valence-electron chi connectivity index (χ3n) is 1.79. The van der Waals surface area contributed by atoms with Gasteiger partial charge in [0.2, 0.25) is 0 Å². The first kappa shape index (κ1) is 10.7. The fourth-order valence-corrected chi connectivity index (χ4v) is 2.43. The predicted molar refractivity (Wildman–Crippen MR) is 61.1 cm³/mol. The number of hydrogen-bond donors (Lipinski definition) is 0. The van der Waals surface area contributed by atoms with Crippen LogP contribution < -0.4 is 0 Å². The molecular formula is C10H11BrOS. The van der Waals surface area contributed by atoms with Crippen LogP contribution in [0, 0.1) is 6.92 Å². The fraction of sp³-hybridized carbons (Fsp3) is 0.300. The number of hydrogen-bond acceptors (Lipinski definition) is 2. The van der Waals surface area contributed by atoms with Crippen LogP contribution in [0.15, 0.2) is 16.1 Å². The zero-order chi connectivity index (χ0) is 10.0. The summed E-state index contributed by atoms with van der Waals surface area (Å²) in [6.45, 7) is 5.47. The summed E-state index contributed by atoms with van der Waals surface area (Å²) in [4.78, 5) is 13.3. The quantitative estimate of drug-likeness (QED) is 0.738. The van der Waals surface area contributed by atoms with Crippen LogP contribution in [-0.4, -0.2) is 5.78 Å². The molecular weight excluding hydrogens is 248 g/mol. The molecule has 0 radical (unpaired) electrons. The standard InChI is InChI=1S/C10H11BrOS/c1-6(7(2)12)4-9-5-10(11)8(3)13-9/h4-5H,1-3H3. The summed E-state index contributed by atoms with van der Waals surface area (Å²) < 4.78 is 1.11. The second-order valence-corrected chi connectivity index (χ2v) is 5.08. The molecule has 3 heteroatoms. The van der Waals surface area contributed by atoms with E-state index in [0.29, 0.717) is 0 Å². The summed E-state index contributed by atoms with van der Waals surface area (Å²) in [6, 6.07) is 2.03. The minimum absolute atomic E-state index is 0.127. The van der Waals surface area contributed by atoms with Crippen LogP contribution in [0.3, 0.4) is 0 Å². The Kier molecular flexibility index (Phi) is 3.45. The maximum Gasteiger partial charge on any atom is 0.155 e. The molecule has 0 fully saturated rings. The predicted octanol–water partition coefficient (Wildman–Crippen LogP) is 3.81. The molecule has 0 saturated carbocycles. The Labute approximate surface area is 90.6 Å². The fourth-order valence-electron chi connectivity index (χ4n) is 0.868. The van der Waals surface area contributed by atoms with Crippen LogP contribution in [0.1, 0.15) is 23.6 Å². The van der Waals surface area contributed by atoms with Crippen LogP contribution in [0.4, 0.5) is 0 Å². The highest BCUT2D eigenvalue weighted by atomic mass is 79.9. The summed E-state index contributed by atoms with van der Waals surface area (Å²) in [5.41, 5.74) is 0.800. The van der Waals surface area contributed by atoms with Crippen molar-refractivity contribution in [3.05, 3.63) is 25.9 Å². The van der Waals surface area contributed by atoms with Gasteiger partial charge in [-0.05, 0) is 54.4 Å². The number of aryl methyl sites for hydroxylation is 1. The van der Waals surface area contributed by atoms with Crippen molar-refractivity contribution in [2.45, 2.75) is 20.8 Å². The molecule has 1 aromatic heterocycles. The molecule has 0 aliphatic rings. The Hall–Kier alpha value is -0.410. The first-order valence-electron chi connectivity index (χ1n) is 3.96. The lowest BCUT2D eigenvalue weighted by molar-refractivity contribution is -0.113. The first-order valence-corrected chi connectivity index (χ1v) is 5.57. The van der Waals surface area contributed by atoms with Gasteiger partial charge in [-0.15, -0.1) is 11.3 Å². The van der Waals surface area contributed by atoms with Crippen molar-refractivity contribution in [1.82, 2.24) is 0 Å². The highest BCUT2D eigenvalue weighted by Gasteiger charge is 2.02.